The van der Waals surface area contributed by atoms with E-state index in [0.717, 1.165) is 11.1 Å². The molecule has 22 heavy (non-hydrogen) atoms. The van der Waals surface area contributed by atoms with Crippen LogP contribution in [0.5, 0.6) is 0 Å². The van der Waals surface area contributed by atoms with E-state index in [1.165, 1.54) is 18.2 Å². The van der Waals surface area contributed by atoms with Crippen LogP contribution in [-0.2, 0) is 9.59 Å². The fourth-order valence-electron chi connectivity index (χ4n) is 1.94. The summed E-state index contributed by atoms with van der Waals surface area (Å²) in [6.45, 7) is 3.93. The summed E-state index contributed by atoms with van der Waals surface area (Å²) >= 11 is 0. The predicted molar refractivity (Wildman–Crippen MR) is 84.2 cm³/mol. The summed E-state index contributed by atoms with van der Waals surface area (Å²) in [5.74, 6) is -1.36. The van der Waals surface area contributed by atoms with Crippen LogP contribution in [0.2, 0.25) is 0 Å². The Labute approximate surface area is 128 Å². The summed E-state index contributed by atoms with van der Waals surface area (Å²) in [4.78, 5) is 23.6. The maximum atomic E-state index is 13.0. The van der Waals surface area contributed by atoms with Crippen LogP contribution >= 0.6 is 0 Å². The van der Waals surface area contributed by atoms with Crippen molar-refractivity contribution in [3.05, 3.63) is 59.4 Å². The molecular weight excluding hydrogens is 283 g/mol. The zero-order valence-electron chi connectivity index (χ0n) is 12.4. The highest BCUT2D eigenvalue weighted by Gasteiger charge is 2.10. The lowest BCUT2D eigenvalue weighted by molar-refractivity contribution is -0.123. The molecule has 0 saturated heterocycles. The largest absolute Gasteiger partial charge is 0.326 e. The molecule has 0 fully saturated rings. The molecular formula is C17H17FN2O2. The number of amides is 2. The van der Waals surface area contributed by atoms with Crippen LogP contribution in [0.1, 0.15) is 17.5 Å². The van der Waals surface area contributed by atoms with E-state index in [-0.39, 0.29) is 6.42 Å². The second-order valence-corrected chi connectivity index (χ2v) is 5.08. The number of anilines is 2. The molecule has 0 unspecified atom stereocenters. The number of nitrogens with one attached hydrogen (secondary N) is 2. The van der Waals surface area contributed by atoms with Gasteiger partial charge in [-0.2, -0.15) is 0 Å². The van der Waals surface area contributed by atoms with Gasteiger partial charge in [0.1, 0.15) is 12.2 Å². The maximum Gasteiger partial charge on any atom is 0.233 e. The molecule has 114 valence electrons. The number of carbonyl (C=O) groups is 2. The molecule has 0 aromatic heterocycles. The van der Waals surface area contributed by atoms with E-state index in [4.69, 9.17) is 0 Å². The summed E-state index contributed by atoms with van der Waals surface area (Å²) < 4.78 is 13.0. The number of carbonyl (C=O) groups excluding carboxylic acids is 2. The molecule has 2 N–H and O–H groups in total. The van der Waals surface area contributed by atoms with Gasteiger partial charge in [0.15, 0.2) is 0 Å². The van der Waals surface area contributed by atoms with E-state index in [1.54, 1.807) is 12.1 Å². The van der Waals surface area contributed by atoms with Crippen LogP contribution in [0.3, 0.4) is 0 Å². The standard InChI is InChI=1S/C17H17FN2O2/c1-11-6-7-15(8-12(11)2)20-17(22)10-16(21)19-14-5-3-4-13(18)9-14/h3-9H,10H2,1-2H3,(H,19,21)(H,20,22). The van der Waals surface area contributed by atoms with E-state index in [9.17, 15) is 14.0 Å². The molecule has 0 aliphatic heterocycles. The molecule has 0 aliphatic rings. The van der Waals surface area contributed by atoms with E-state index in [2.05, 4.69) is 10.6 Å². The van der Waals surface area contributed by atoms with E-state index in [0.29, 0.717) is 11.4 Å². The minimum Gasteiger partial charge on any atom is -0.326 e. The molecule has 2 amide bonds. The predicted octanol–water partition coefficient (Wildman–Crippen LogP) is 3.41. The molecule has 2 aromatic rings. The molecule has 0 atom stereocenters. The zero-order valence-corrected chi connectivity index (χ0v) is 12.4. The van der Waals surface area contributed by atoms with Gasteiger partial charge < -0.3 is 10.6 Å². The summed E-state index contributed by atoms with van der Waals surface area (Å²) in [5, 5.41) is 5.14. The molecule has 0 aliphatic carbocycles. The van der Waals surface area contributed by atoms with Crippen LogP contribution in [-0.4, -0.2) is 11.8 Å². The lowest BCUT2D eigenvalue weighted by Gasteiger charge is -2.08. The van der Waals surface area contributed by atoms with Gasteiger partial charge in [-0.25, -0.2) is 4.39 Å². The van der Waals surface area contributed by atoms with Gasteiger partial charge in [-0.3, -0.25) is 9.59 Å². The van der Waals surface area contributed by atoms with Gasteiger partial charge in [0.2, 0.25) is 11.8 Å². The normalized spacial score (nSPS) is 10.1. The zero-order chi connectivity index (χ0) is 16.1. The van der Waals surface area contributed by atoms with Gasteiger partial charge in [-0.05, 0) is 55.3 Å². The Morgan fingerprint density at radius 3 is 2.14 bits per heavy atom. The number of hydrogen-bond donors (Lipinski definition) is 2. The second kappa shape index (κ2) is 6.85. The van der Waals surface area contributed by atoms with Gasteiger partial charge in [0.05, 0.1) is 0 Å². The Bertz CT molecular complexity index is 714. The van der Waals surface area contributed by atoms with E-state index >= 15 is 0 Å². The monoisotopic (exact) mass is 300 g/mol. The van der Waals surface area contributed by atoms with Crippen LogP contribution in [0.25, 0.3) is 0 Å². The summed E-state index contributed by atoms with van der Waals surface area (Å²) in [6.07, 6.45) is -0.330. The molecule has 5 heteroatoms. The Balaban J connectivity index is 1.91. The Morgan fingerprint density at radius 2 is 1.55 bits per heavy atom. The SMILES string of the molecule is Cc1ccc(NC(=O)CC(=O)Nc2cccc(F)c2)cc1C. The van der Waals surface area contributed by atoms with E-state index < -0.39 is 17.6 Å². The number of rotatable bonds is 4. The first-order valence-electron chi connectivity index (χ1n) is 6.86. The molecule has 2 rings (SSSR count). The summed E-state index contributed by atoms with van der Waals surface area (Å²) in [5.41, 5.74) is 3.15. The Hall–Kier alpha value is -2.69. The summed E-state index contributed by atoms with van der Waals surface area (Å²) in [7, 11) is 0. The molecule has 0 bridgehead atoms. The minimum atomic E-state index is -0.494. The number of hydrogen-bond acceptors (Lipinski definition) is 2. The highest BCUT2D eigenvalue weighted by Crippen LogP contribution is 2.14. The number of aryl methyl sites for hydroxylation is 2. The highest BCUT2D eigenvalue weighted by atomic mass is 19.1. The molecule has 2 aromatic carbocycles. The third kappa shape index (κ3) is 4.41. The van der Waals surface area contributed by atoms with Gasteiger partial charge in [-0.1, -0.05) is 12.1 Å². The van der Waals surface area contributed by atoms with Crippen molar-refractivity contribution in [2.45, 2.75) is 20.3 Å². The Morgan fingerprint density at radius 1 is 0.909 bits per heavy atom. The van der Waals surface area contributed by atoms with Crippen LogP contribution in [0.15, 0.2) is 42.5 Å². The minimum absolute atomic E-state index is 0.323. The highest BCUT2D eigenvalue weighted by molar-refractivity contribution is 6.08. The third-order valence-electron chi connectivity index (χ3n) is 3.22. The van der Waals surface area contributed by atoms with Gasteiger partial charge in [-0.15, -0.1) is 0 Å². The van der Waals surface area contributed by atoms with Crippen molar-refractivity contribution < 1.29 is 14.0 Å². The second-order valence-electron chi connectivity index (χ2n) is 5.08. The smallest absolute Gasteiger partial charge is 0.233 e. The van der Waals surface area contributed by atoms with Crippen LogP contribution in [0, 0.1) is 19.7 Å². The lowest BCUT2D eigenvalue weighted by Crippen LogP contribution is -2.21. The quantitative estimate of drug-likeness (QED) is 0.850. The maximum absolute atomic E-state index is 13.0. The van der Waals surface area contributed by atoms with Crippen molar-refractivity contribution in [3.63, 3.8) is 0 Å². The fraction of sp³-hybridized carbons (Fsp3) is 0.176. The Kier molecular flexibility index (Phi) is 4.88. The van der Waals surface area contributed by atoms with Crippen molar-refractivity contribution in [3.8, 4) is 0 Å². The first-order chi connectivity index (χ1) is 10.4. The topological polar surface area (TPSA) is 58.2 Å². The fourth-order valence-corrected chi connectivity index (χ4v) is 1.94. The van der Waals surface area contributed by atoms with Gasteiger partial charge >= 0.3 is 0 Å². The molecule has 0 heterocycles. The molecule has 0 spiro atoms. The first-order valence-corrected chi connectivity index (χ1v) is 6.86. The summed E-state index contributed by atoms with van der Waals surface area (Å²) in [6, 6.07) is 11.0. The van der Waals surface area contributed by atoms with Crippen molar-refractivity contribution in [1.82, 2.24) is 0 Å². The molecule has 0 saturated carbocycles. The van der Waals surface area contributed by atoms with Gasteiger partial charge in [0.25, 0.3) is 0 Å². The van der Waals surface area contributed by atoms with Crippen molar-refractivity contribution >= 4 is 23.2 Å². The average molecular weight is 300 g/mol. The number of halogens is 1. The van der Waals surface area contributed by atoms with Crippen molar-refractivity contribution in [2.24, 2.45) is 0 Å². The van der Waals surface area contributed by atoms with Crippen molar-refractivity contribution in [2.75, 3.05) is 10.6 Å². The number of benzene rings is 2. The first kappa shape index (κ1) is 15.7. The van der Waals surface area contributed by atoms with E-state index in [1.807, 2.05) is 26.0 Å². The van der Waals surface area contributed by atoms with Crippen LogP contribution < -0.4 is 10.6 Å². The average Bonchev–Trinajstić information content (AvgIpc) is 2.42. The lowest BCUT2D eigenvalue weighted by atomic mass is 10.1. The molecule has 0 radical (unpaired) electrons. The van der Waals surface area contributed by atoms with Crippen molar-refractivity contribution in [1.29, 1.82) is 0 Å². The van der Waals surface area contributed by atoms with Crippen LogP contribution in [0.4, 0.5) is 15.8 Å². The van der Waals surface area contributed by atoms with Gasteiger partial charge in [0, 0.05) is 11.4 Å². The molecule has 4 nitrogen and oxygen atoms in total. The third-order valence-corrected chi connectivity index (χ3v) is 3.22.